The van der Waals surface area contributed by atoms with Gasteiger partial charge in [-0.3, -0.25) is 0 Å². The minimum absolute atomic E-state index is 0.0494. The van der Waals surface area contributed by atoms with Crippen LogP contribution in [0.1, 0.15) is 17.2 Å². The highest BCUT2D eigenvalue weighted by Crippen LogP contribution is 2.35. The van der Waals surface area contributed by atoms with Gasteiger partial charge in [-0.15, -0.1) is 0 Å². The number of phenolic OH excluding ortho intramolecular Hbond substituents is 1. The quantitative estimate of drug-likeness (QED) is 0.706. The first-order valence-electron chi connectivity index (χ1n) is 4.04. The van der Waals surface area contributed by atoms with Gasteiger partial charge in [0.15, 0.2) is 11.6 Å². The van der Waals surface area contributed by atoms with Crippen LogP contribution in [0.15, 0.2) is 6.07 Å². The number of phenols is 1. The van der Waals surface area contributed by atoms with Crippen molar-refractivity contribution < 1.29 is 14.6 Å². The van der Waals surface area contributed by atoms with Crippen LogP contribution in [0.4, 0.5) is 4.39 Å². The van der Waals surface area contributed by atoms with Gasteiger partial charge in [0, 0.05) is 12.1 Å². The lowest BCUT2D eigenvalue weighted by Gasteiger charge is -2.14. The highest BCUT2D eigenvalue weighted by Gasteiger charge is 2.20. The number of nitrogens with two attached hydrogens (primary N) is 1. The number of aliphatic hydroxyl groups excluding tert-OH is 1. The number of benzene rings is 1. The molecule has 0 saturated heterocycles. The largest absolute Gasteiger partial charge is 0.505 e. The van der Waals surface area contributed by atoms with Crippen LogP contribution in [0, 0.1) is 12.7 Å². The molecule has 0 fully saturated rings. The van der Waals surface area contributed by atoms with Crippen LogP contribution in [-0.4, -0.2) is 16.8 Å². The minimum Gasteiger partial charge on any atom is -0.505 e. The molecule has 0 radical (unpaired) electrons. The molecule has 5 heteroatoms. The maximum atomic E-state index is 13.1. The zero-order chi connectivity index (χ0) is 10.9. The second-order valence-electron chi connectivity index (χ2n) is 3.00. The Balaban J connectivity index is 3.39. The summed E-state index contributed by atoms with van der Waals surface area (Å²) in [6.07, 6.45) is -1.16. The molecule has 0 saturated carbocycles. The molecule has 1 rings (SSSR count). The fourth-order valence-corrected chi connectivity index (χ4v) is 1.46. The SMILES string of the molecule is Cc1cc(F)c(O)c(C(O)CN)c1Cl. The lowest BCUT2D eigenvalue weighted by Crippen LogP contribution is -2.13. The monoisotopic (exact) mass is 219 g/mol. The Hall–Kier alpha value is -0.840. The second kappa shape index (κ2) is 4.13. The summed E-state index contributed by atoms with van der Waals surface area (Å²) in [6.45, 7) is 1.45. The average Bonchev–Trinajstić information content (AvgIpc) is 2.15. The van der Waals surface area contributed by atoms with E-state index in [0.29, 0.717) is 5.56 Å². The summed E-state index contributed by atoms with van der Waals surface area (Å²) < 4.78 is 13.1. The Morgan fingerprint density at radius 2 is 2.21 bits per heavy atom. The second-order valence-corrected chi connectivity index (χ2v) is 3.38. The van der Waals surface area contributed by atoms with E-state index < -0.39 is 17.7 Å². The van der Waals surface area contributed by atoms with Crippen molar-refractivity contribution in [1.29, 1.82) is 0 Å². The summed E-state index contributed by atoms with van der Waals surface area (Å²) >= 11 is 5.80. The summed E-state index contributed by atoms with van der Waals surface area (Å²) in [7, 11) is 0. The van der Waals surface area contributed by atoms with Gasteiger partial charge in [-0.2, -0.15) is 0 Å². The molecule has 0 aliphatic carbocycles. The van der Waals surface area contributed by atoms with Gasteiger partial charge < -0.3 is 15.9 Å². The molecule has 1 atom stereocenters. The summed E-state index contributed by atoms with van der Waals surface area (Å²) in [4.78, 5) is 0. The van der Waals surface area contributed by atoms with E-state index in [4.69, 9.17) is 17.3 Å². The molecule has 0 spiro atoms. The Labute approximate surface area is 85.9 Å². The van der Waals surface area contributed by atoms with Crippen LogP contribution in [0.5, 0.6) is 5.75 Å². The van der Waals surface area contributed by atoms with Crippen molar-refractivity contribution >= 4 is 11.6 Å². The topological polar surface area (TPSA) is 66.5 Å². The minimum atomic E-state index is -1.16. The first kappa shape index (κ1) is 11.2. The maximum Gasteiger partial charge on any atom is 0.165 e. The molecule has 14 heavy (non-hydrogen) atoms. The van der Waals surface area contributed by atoms with Crippen LogP contribution < -0.4 is 5.73 Å². The molecule has 0 amide bonds. The van der Waals surface area contributed by atoms with Gasteiger partial charge >= 0.3 is 0 Å². The van der Waals surface area contributed by atoms with E-state index in [1.165, 1.54) is 0 Å². The highest BCUT2D eigenvalue weighted by molar-refractivity contribution is 6.32. The van der Waals surface area contributed by atoms with Crippen molar-refractivity contribution in [3.8, 4) is 5.75 Å². The Morgan fingerprint density at radius 3 is 2.71 bits per heavy atom. The van der Waals surface area contributed by atoms with Crippen LogP contribution in [0.25, 0.3) is 0 Å². The van der Waals surface area contributed by atoms with Gasteiger partial charge in [-0.05, 0) is 18.6 Å². The van der Waals surface area contributed by atoms with Crippen LogP contribution in [-0.2, 0) is 0 Å². The maximum absolute atomic E-state index is 13.1. The molecular weight excluding hydrogens is 209 g/mol. The van der Waals surface area contributed by atoms with E-state index in [1.807, 2.05) is 0 Å². The summed E-state index contributed by atoms with van der Waals surface area (Å²) in [5.74, 6) is -1.45. The summed E-state index contributed by atoms with van der Waals surface area (Å²) in [5.41, 5.74) is 5.60. The molecule has 0 aliphatic rings. The van der Waals surface area contributed by atoms with Gasteiger partial charge in [-0.25, -0.2) is 4.39 Å². The van der Waals surface area contributed by atoms with Crippen molar-refractivity contribution in [1.82, 2.24) is 0 Å². The molecule has 1 aromatic carbocycles. The van der Waals surface area contributed by atoms with Crippen molar-refractivity contribution in [2.45, 2.75) is 13.0 Å². The Morgan fingerprint density at radius 1 is 1.64 bits per heavy atom. The molecule has 0 bridgehead atoms. The molecule has 0 aromatic heterocycles. The molecule has 0 aliphatic heterocycles. The fraction of sp³-hybridized carbons (Fsp3) is 0.333. The molecule has 78 valence electrons. The molecule has 4 N–H and O–H groups in total. The smallest absolute Gasteiger partial charge is 0.165 e. The third kappa shape index (κ3) is 1.82. The predicted octanol–water partition coefficient (Wildman–Crippen LogP) is 1.49. The first-order valence-corrected chi connectivity index (χ1v) is 4.42. The summed E-state index contributed by atoms with van der Waals surface area (Å²) in [6, 6.07) is 1.10. The molecular formula is C9H11ClFNO2. The van der Waals surface area contributed by atoms with E-state index in [0.717, 1.165) is 6.07 Å². The average molecular weight is 220 g/mol. The van der Waals surface area contributed by atoms with Gasteiger partial charge in [0.2, 0.25) is 0 Å². The Bertz CT molecular complexity index is 331. The van der Waals surface area contributed by atoms with Gasteiger partial charge in [0.25, 0.3) is 0 Å². The number of aryl methyl sites for hydroxylation is 1. The number of hydrogen-bond donors (Lipinski definition) is 3. The van der Waals surface area contributed by atoms with Crippen LogP contribution in [0.2, 0.25) is 5.02 Å². The van der Waals surface area contributed by atoms with Crippen molar-refractivity contribution in [3.63, 3.8) is 0 Å². The standard InChI is InChI=1S/C9H11ClFNO2/c1-4-2-5(11)9(14)7(8(4)10)6(13)3-12/h2,6,13-14H,3,12H2,1H3. The van der Waals surface area contributed by atoms with Gasteiger partial charge in [-0.1, -0.05) is 11.6 Å². The van der Waals surface area contributed by atoms with Gasteiger partial charge in [0.05, 0.1) is 11.1 Å². The van der Waals surface area contributed by atoms with E-state index in [-0.39, 0.29) is 17.1 Å². The van der Waals surface area contributed by atoms with E-state index in [1.54, 1.807) is 6.92 Å². The van der Waals surface area contributed by atoms with Crippen molar-refractivity contribution in [3.05, 3.63) is 28.0 Å². The fourth-order valence-electron chi connectivity index (χ4n) is 1.19. The lowest BCUT2D eigenvalue weighted by molar-refractivity contribution is 0.181. The normalized spacial score (nSPS) is 12.9. The predicted molar refractivity (Wildman–Crippen MR) is 51.8 cm³/mol. The Kier molecular flexibility index (Phi) is 3.31. The molecule has 0 heterocycles. The number of hydrogen-bond acceptors (Lipinski definition) is 3. The van der Waals surface area contributed by atoms with Crippen molar-refractivity contribution in [2.75, 3.05) is 6.54 Å². The van der Waals surface area contributed by atoms with Gasteiger partial charge in [0.1, 0.15) is 0 Å². The van der Waals surface area contributed by atoms with E-state index >= 15 is 0 Å². The third-order valence-electron chi connectivity index (χ3n) is 1.96. The third-order valence-corrected chi connectivity index (χ3v) is 2.47. The summed E-state index contributed by atoms with van der Waals surface area (Å²) in [5, 5.41) is 18.9. The molecule has 1 unspecified atom stereocenters. The lowest BCUT2D eigenvalue weighted by atomic mass is 10.0. The number of aliphatic hydroxyl groups is 1. The number of rotatable bonds is 2. The van der Waals surface area contributed by atoms with E-state index in [9.17, 15) is 14.6 Å². The van der Waals surface area contributed by atoms with E-state index in [2.05, 4.69) is 0 Å². The highest BCUT2D eigenvalue weighted by atomic mass is 35.5. The first-order chi connectivity index (χ1) is 6.49. The zero-order valence-electron chi connectivity index (χ0n) is 7.59. The molecule has 3 nitrogen and oxygen atoms in total. The zero-order valence-corrected chi connectivity index (χ0v) is 8.35. The van der Waals surface area contributed by atoms with Crippen molar-refractivity contribution in [2.24, 2.45) is 5.73 Å². The molecule has 1 aromatic rings. The number of aromatic hydroxyl groups is 1. The van der Waals surface area contributed by atoms with Crippen LogP contribution in [0.3, 0.4) is 0 Å². The number of halogens is 2. The van der Waals surface area contributed by atoms with Crippen LogP contribution >= 0.6 is 11.6 Å².